The summed E-state index contributed by atoms with van der Waals surface area (Å²) >= 11 is 0. The molecule has 0 unspecified atom stereocenters. The van der Waals surface area contributed by atoms with Crippen molar-refractivity contribution in [1.29, 1.82) is 0 Å². The Morgan fingerprint density at radius 1 is 1.25 bits per heavy atom. The van der Waals surface area contributed by atoms with Crippen LogP contribution in [0.2, 0.25) is 0 Å². The zero-order chi connectivity index (χ0) is 2.71. The van der Waals surface area contributed by atoms with Gasteiger partial charge < -0.3 is 0 Å². The summed E-state index contributed by atoms with van der Waals surface area (Å²) in [4.78, 5) is 0. The van der Waals surface area contributed by atoms with Gasteiger partial charge in [0.25, 0.3) is 0 Å². The van der Waals surface area contributed by atoms with Crippen molar-refractivity contribution in [3.8, 4) is 0 Å². The first-order chi connectivity index (χ1) is 1.41. The predicted molar refractivity (Wildman–Crippen MR) is 9.05 cm³/mol. The summed E-state index contributed by atoms with van der Waals surface area (Å²) in [6.07, 6.45) is 0. The van der Waals surface area contributed by atoms with Gasteiger partial charge in [-0.15, -0.1) is 0 Å². The molecule has 0 amide bonds. The van der Waals surface area contributed by atoms with E-state index in [4.69, 9.17) is 9.05 Å². The normalized spacial score (nSPS) is 4.50. The van der Waals surface area contributed by atoms with Crippen LogP contribution in [-0.4, -0.2) is 25.8 Å². The molecule has 3 radical (unpaired) electrons. The second-order valence-corrected chi connectivity index (χ2v) is 0.0583. The number of hydrogen-bond donors (Lipinski definition) is 0. The van der Waals surface area contributed by atoms with E-state index >= 15 is 0 Å². The maximum absolute atomic E-state index is 9.12. The van der Waals surface area contributed by atoms with E-state index in [1.807, 2.05) is 0 Å². The fraction of sp³-hybridized carbons (Fsp3) is 0. The fourth-order valence-corrected chi connectivity index (χ4v) is 0. The molecule has 0 aromatic heterocycles. The van der Waals surface area contributed by atoms with Gasteiger partial charge in [-0.05, 0) is 9.05 Å². The minimum atomic E-state index is 0. The monoisotopic (exact) mass is 169 g/mol. The van der Waals surface area contributed by atoms with Gasteiger partial charge in [0.05, 0.1) is 0 Å². The maximum atomic E-state index is 9.12. The zero-order valence-corrected chi connectivity index (χ0v) is 5.04. The largest absolute Gasteiger partial charge is 0.0209 e. The van der Waals surface area contributed by atoms with Crippen LogP contribution in [0.25, 0.3) is 0 Å². The molecule has 0 N–H and O–H groups in total. The molecule has 4 heteroatoms. The molecule has 0 atom stereocenters. The summed E-state index contributed by atoms with van der Waals surface area (Å²) in [5.74, 6) is 0. The molecular formula is F2InO. The van der Waals surface area contributed by atoms with Crippen molar-refractivity contribution in [1.82, 2.24) is 0 Å². The molecular weight excluding hydrogens is 169 g/mol. The standard InChI is InChI=1S/F2O.In/c1-3-2;. The van der Waals surface area contributed by atoms with Crippen LogP contribution in [0.4, 0.5) is 9.05 Å². The Labute approximate surface area is 40.5 Å². The molecule has 0 aromatic carbocycles. The minimum absolute atomic E-state index is 0. The molecule has 0 spiro atoms. The van der Waals surface area contributed by atoms with Gasteiger partial charge >= 0.3 is 0 Å². The van der Waals surface area contributed by atoms with Crippen LogP contribution in [0.3, 0.4) is 0 Å². The topological polar surface area (TPSA) is 9.23 Å². The first-order valence-electron chi connectivity index (χ1n) is 0.309. The van der Waals surface area contributed by atoms with Crippen LogP contribution < -0.4 is 0 Å². The summed E-state index contributed by atoms with van der Waals surface area (Å²) in [5, 5.41) is 1.25. The summed E-state index contributed by atoms with van der Waals surface area (Å²) in [6, 6.07) is 0. The molecule has 0 aliphatic carbocycles. The van der Waals surface area contributed by atoms with E-state index in [0.717, 1.165) is 0 Å². The van der Waals surface area contributed by atoms with E-state index in [-0.39, 0.29) is 25.8 Å². The van der Waals surface area contributed by atoms with Gasteiger partial charge in [0, 0.05) is 31.0 Å². The third-order valence-electron chi connectivity index (χ3n) is 0. The Balaban J connectivity index is 0. The first-order valence-corrected chi connectivity index (χ1v) is 0.309. The Morgan fingerprint density at radius 2 is 1.25 bits per heavy atom. The predicted octanol–water partition coefficient (Wildman–Crippen LogP) is 0.391. The number of hydrogen-bond acceptors (Lipinski definition) is 1. The summed E-state index contributed by atoms with van der Waals surface area (Å²) in [6.45, 7) is 0. The van der Waals surface area contributed by atoms with Crippen LogP contribution in [0, 0.1) is 0 Å². The Hall–Kier alpha value is 0.690. The molecule has 0 aliphatic heterocycles. The third kappa shape index (κ3) is 16.1. The SMILES string of the molecule is FOF.[In]. The second kappa shape index (κ2) is 9.35. The quantitative estimate of drug-likeness (QED) is 0.509. The Kier molecular flexibility index (Phi) is 20.6. The molecule has 0 saturated heterocycles. The molecule has 1 nitrogen and oxygen atoms in total. The van der Waals surface area contributed by atoms with Gasteiger partial charge in [-0.1, -0.05) is 0 Å². The van der Waals surface area contributed by atoms with Gasteiger partial charge in [0.2, 0.25) is 0 Å². The van der Waals surface area contributed by atoms with E-state index in [9.17, 15) is 0 Å². The van der Waals surface area contributed by atoms with Crippen molar-refractivity contribution in [2.75, 3.05) is 0 Å². The Bertz CT molecular complexity index is 6.00. The smallest absolute Gasteiger partial charge is 0.0104 e. The minimum Gasteiger partial charge on any atom is -0.0104 e. The van der Waals surface area contributed by atoms with Crippen LogP contribution in [0.5, 0.6) is 0 Å². The molecule has 0 heterocycles. The van der Waals surface area contributed by atoms with Crippen molar-refractivity contribution in [2.24, 2.45) is 0 Å². The van der Waals surface area contributed by atoms with Gasteiger partial charge in [-0.2, -0.15) is 0 Å². The van der Waals surface area contributed by atoms with E-state index in [1.165, 1.54) is 5.15 Å². The average Bonchev–Trinajstić information content (AvgIpc) is 0.918. The van der Waals surface area contributed by atoms with Crippen LogP contribution in [-0.2, 0) is 5.15 Å². The third-order valence-corrected chi connectivity index (χ3v) is 0. The first kappa shape index (κ1) is 8.83. The number of rotatable bonds is 0. The van der Waals surface area contributed by atoms with Gasteiger partial charge in [-0.25, -0.2) is 0 Å². The van der Waals surface area contributed by atoms with E-state index in [0.29, 0.717) is 0 Å². The summed E-state index contributed by atoms with van der Waals surface area (Å²) in [7, 11) is 0. The van der Waals surface area contributed by atoms with Crippen molar-refractivity contribution >= 4 is 25.8 Å². The number of halogens is 2. The zero-order valence-electron chi connectivity index (χ0n) is 1.74. The molecule has 4 heavy (non-hydrogen) atoms. The van der Waals surface area contributed by atoms with E-state index in [2.05, 4.69) is 0 Å². The van der Waals surface area contributed by atoms with Gasteiger partial charge in [0.15, 0.2) is 0 Å². The van der Waals surface area contributed by atoms with Gasteiger partial charge in [0.1, 0.15) is 0 Å². The van der Waals surface area contributed by atoms with Crippen molar-refractivity contribution < 1.29 is 14.2 Å². The summed E-state index contributed by atoms with van der Waals surface area (Å²) < 4.78 is 18.2. The van der Waals surface area contributed by atoms with Crippen LogP contribution in [0.1, 0.15) is 0 Å². The fourth-order valence-electron chi connectivity index (χ4n) is 0. The molecule has 0 aliphatic rings. The van der Waals surface area contributed by atoms with Crippen molar-refractivity contribution in [3.63, 3.8) is 0 Å². The molecule has 0 fully saturated rings. The second-order valence-electron chi connectivity index (χ2n) is 0.0583. The van der Waals surface area contributed by atoms with Crippen LogP contribution >= 0.6 is 0 Å². The Morgan fingerprint density at radius 3 is 1.25 bits per heavy atom. The summed E-state index contributed by atoms with van der Waals surface area (Å²) in [5.41, 5.74) is 0. The molecule has 0 rings (SSSR count). The van der Waals surface area contributed by atoms with Crippen LogP contribution in [0.15, 0.2) is 0 Å². The maximum Gasteiger partial charge on any atom is 0.0209 e. The van der Waals surface area contributed by atoms with Crippen molar-refractivity contribution in [2.45, 2.75) is 0 Å². The molecule has 0 bridgehead atoms. The molecule has 0 saturated carbocycles. The van der Waals surface area contributed by atoms with E-state index in [1.54, 1.807) is 0 Å². The van der Waals surface area contributed by atoms with Gasteiger partial charge in [-0.3, -0.25) is 0 Å². The molecule has 23 valence electrons. The van der Waals surface area contributed by atoms with E-state index < -0.39 is 0 Å². The van der Waals surface area contributed by atoms with Crippen molar-refractivity contribution in [3.05, 3.63) is 0 Å². The average molecular weight is 169 g/mol. The molecule has 0 aromatic rings.